The zero-order valence-electron chi connectivity index (χ0n) is 10.6. The maximum absolute atomic E-state index is 11.9. The number of carbonyl (C=O) groups excluding carboxylic acids is 1. The fourth-order valence-electron chi connectivity index (χ4n) is 2.19. The molecule has 1 unspecified atom stereocenters. The standard InChI is InChI=1S/C14H19NO3/c1-17-11-8-6-10(7-9-11)13(15)14(16)18-12-4-2-3-5-12/h6-9,12-13H,2-5,15H2,1H3. The van der Waals surface area contributed by atoms with Crippen molar-refractivity contribution >= 4 is 5.97 Å². The van der Waals surface area contributed by atoms with E-state index in [1.165, 1.54) is 0 Å². The van der Waals surface area contributed by atoms with E-state index < -0.39 is 6.04 Å². The van der Waals surface area contributed by atoms with Gasteiger partial charge in [-0.1, -0.05) is 12.1 Å². The van der Waals surface area contributed by atoms with Crippen LogP contribution in [0.3, 0.4) is 0 Å². The molecule has 1 fully saturated rings. The van der Waals surface area contributed by atoms with Crippen molar-refractivity contribution in [3.63, 3.8) is 0 Å². The zero-order chi connectivity index (χ0) is 13.0. The minimum absolute atomic E-state index is 0.0572. The van der Waals surface area contributed by atoms with Gasteiger partial charge in [-0.05, 0) is 43.4 Å². The first-order chi connectivity index (χ1) is 8.70. The number of hydrogen-bond acceptors (Lipinski definition) is 4. The summed E-state index contributed by atoms with van der Waals surface area (Å²) >= 11 is 0. The average molecular weight is 249 g/mol. The van der Waals surface area contributed by atoms with Gasteiger partial charge in [0.2, 0.25) is 0 Å². The fourth-order valence-corrected chi connectivity index (χ4v) is 2.19. The number of esters is 1. The smallest absolute Gasteiger partial charge is 0.327 e. The number of methoxy groups -OCH3 is 1. The van der Waals surface area contributed by atoms with Crippen LogP contribution in [0, 0.1) is 0 Å². The minimum Gasteiger partial charge on any atom is -0.497 e. The van der Waals surface area contributed by atoms with Gasteiger partial charge >= 0.3 is 5.97 Å². The summed E-state index contributed by atoms with van der Waals surface area (Å²) in [6, 6.07) is 6.45. The number of ether oxygens (including phenoxy) is 2. The lowest BCUT2D eigenvalue weighted by Crippen LogP contribution is -2.27. The van der Waals surface area contributed by atoms with Gasteiger partial charge in [-0.15, -0.1) is 0 Å². The Bertz CT molecular complexity index is 396. The third-order valence-electron chi connectivity index (χ3n) is 3.31. The molecule has 2 N–H and O–H groups in total. The Hall–Kier alpha value is -1.55. The van der Waals surface area contributed by atoms with Crippen molar-refractivity contribution in [2.45, 2.75) is 37.8 Å². The highest BCUT2D eigenvalue weighted by Gasteiger charge is 2.24. The summed E-state index contributed by atoms with van der Waals surface area (Å²) in [6.07, 6.45) is 4.25. The van der Waals surface area contributed by atoms with Gasteiger partial charge in [0.1, 0.15) is 17.9 Å². The Morgan fingerprint density at radius 2 is 1.89 bits per heavy atom. The number of rotatable bonds is 4. The second kappa shape index (κ2) is 5.87. The molecule has 1 aliphatic carbocycles. The summed E-state index contributed by atoms with van der Waals surface area (Å²) in [6.45, 7) is 0. The van der Waals surface area contributed by atoms with E-state index in [1.807, 2.05) is 0 Å². The van der Waals surface area contributed by atoms with E-state index >= 15 is 0 Å². The van der Waals surface area contributed by atoms with Crippen LogP contribution >= 0.6 is 0 Å². The van der Waals surface area contributed by atoms with Crippen LogP contribution in [0.15, 0.2) is 24.3 Å². The molecule has 1 aliphatic rings. The topological polar surface area (TPSA) is 61.5 Å². The maximum Gasteiger partial charge on any atom is 0.327 e. The maximum atomic E-state index is 11.9. The Labute approximate surface area is 107 Å². The highest BCUT2D eigenvalue weighted by molar-refractivity contribution is 5.77. The molecule has 1 aromatic rings. The van der Waals surface area contributed by atoms with Crippen LogP contribution in [-0.4, -0.2) is 19.2 Å². The van der Waals surface area contributed by atoms with E-state index in [1.54, 1.807) is 31.4 Å². The van der Waals surface area contributed by atoms with E-state index in [2.05, 4.69) is 0 Å². The second-order valence-electron chi connectivity index (χ2n) is 4.59. The minimum atomic E-state index is -0.712. The van der Waals surface area contributed by atoms with E-state index in [4.69, 9.17) is 15.2 Å². The quantitative estimate of drug-likeness (QED) is 0.831. The summed E-state index contributed by atoms with van der Waals surface area (Å²) in [5.41, 5.74) is 6.64. The molecule has 0 heterocycles. The van der Waals surface area contributed by atoms with Crippen molar-refractivity contribution in [2.24, 2.45) is 5.73 Å². The monoisotopic (exact) mass is 249 g/mol. The molecular formula is C14H19NO3. The predicted octanol–water partition coefficient (Wildman–Crippen LogP) is 2.18. The van der Waals surface area contributed by atoms with Gasteiger partial charge in [0.05, 0.1) is 7.11 Å². The molecule has 1 aromatic carbocycles. The molecule has 0 aliphatic heterocycles. The van der Waals surface area contributed by atoms with Crippen LogP contribution in [0.5, 0.6) is 5.75 Å². The third kappa shape index (κ3) is 3.01. The van der Waals surface area contributed by atoms with Gasteiger partial charge in [0, 0.05) is 0 Å². The molecule has 98 valence electrons. The first-order valence-corrected chi connectivity index (χ1v) is 6.30. The second-order valence-corrected chi connectivity index (χ2v) is 4.59. The molecular weight excluding hydrogens is 230 g/mol. The van der Waals surface area contributed by atoms with Crippen LogP contribution < -0.4 is 10.5 Å². The lowest BCUT2D eigenvalue weighted by Gasteiger charge is -2.16. The summed E-state index contributed by atoms with van der Waals surface area (Å²) < 4.78 is 10.4. The highest BCUT2D eigenvalue weighted by atomic mass is 16.5. The average Bonchev–Trinajstić information content (AvgIpc) is 2.91. The highest BCUT2D eigenvalue weighted by Crippen LogP contribution is 2.23. The van der Waals surface area contributed by atoms with E-state index in [-0.39, 0.29) is 12.1 Å². The number of carbonyl (C=O) groups is 1. The normalized spacial score (nSPS) is 17.4. The number of hydrogen-bond donors (Lipinski definition) is 1. The van der Waals surface area contributed by atoms with Crippen molar-refractivity contribution in [3.05, 3.63) is 29.8 Å². The van der Waals surface area contributed by atoms with Crippen LogP contribution in [0.2, 0.25) is 0 Å². The Kier molecular flexibility index (Phi) is 4.20. The van der Waals surface area contributed by atoms with Gasteiger partial charge in [-0.3, -0.25) is 0 Å². The van der Waals surface area contributed by atoms with Crippen molar-refractivity contribution < 1.29 is 14.3 Å². The molecule has 2 rings (SSSR count). The first kappa shape index (κ1) is 12.9. The molecule has 0 saturated heterocycles. The molecule has 4 nitrogen and oxygen atoms in total. The lowest BCUT2D eigenvalue weighted by atomic mass is 10.1. The van der Waals surface area contributed by atoms with E-state index in [0.717, 1.165) is 37.0 Å². The fraction of sp³-hybridized carbons (Fsp3) is 0.500. The van der Waals surface area contributed by atoms with Crippen molar-refractivity contribution in [2.75, 3.05) is 7.11 Å². The Morgan fingerprint density at radius 3 is 2.44 bits per heavy atom. The van der Waals surface area contributed by atoms with E-state index in [9.17, 15) is 4.79 Å². The molecule has 4 heteroatoms. The molecule has 1 atom stereocenters. The summed E-state index contributed by atoms with van der Waals surface area (Å²) in [7, 11) is 1.60. The molecule has 0 radical (unpaired) electrons. The summed E-state index contributed by atoms with van der Waals surface area (Å²) in [4.78, 5) is 11.9. The van der Waals surface area contributed by atoms with Gasteiger partial charge in [0.25, 0.3) is 0 Å². The number of nitrogens with two attached hydrogens (primary N) is 1. The van der Waals surface area contributed by atoms with Gasteiger partial charge < -0.3 is 15.2 Å². The summed E-state index contributed by atoms with van der Waals surface area (Å²) in [5.74, 6) is 0.405. The summed E-state index contributed by atoms with van der Waals surface area (Å²) in [5, 5.41) is 0. The van der Waals surface area contributed by atoms with Crippen molar-refractivity contribution in [3.8, 4) is 5.75 Å². The molecule has 1 saturated carbocycles. The molecule has 0 aromatic heterocycles. The van der Waals surface area contributed by atoms with Gasteiger partial charge in [-0.2, -0.15) is 0 Å². The largest absolute Gasteiger partial charge is 0.497 e. The van der Waals surface area contributed by atoms with Crippen LogP contribution in [0.1, 0.15) is 37.3 Å². The van der Waals surface area contributed by atoms with Crippen LogP contribution in [0.4, 0.5) is 0 Å². The number of benzene rings is 1. The molecule has 0 bridgehead atoms. The van der Waals surface area contributed by atoms with Crippen LogP contribution in [-0.2, 0) is 9.53 Å². The SMILES string of the molecule is COc1ccc(C(N)C(=O)OC2CCCC2)cc1. The van der Waals surface area contributed by atoms with Crippen molar-refractivity contribution in [1.29, 1.82) is 0 Å². The van der Waals surface area contributed by atoms with Crippen molar-refractivity contribution in [1.82, 2.24) is 0 Å². The van der Waals surface area contributed by atoms with E-state index in [0.29, 0.717) is 0 Å². The lowest BCUT2D eigenvalue weighted by molar-refractivity contribution is -0.150. The third-order valence-corrected chi connectivity index (χ3v) is 3.31. The molecule has 0 spiro atoms. The van der Waals surface area contributed by atoms with Gasteiger partial charge in [0.15, 0.2) is 0 Å². The Morgan fingerprint density at radius 1 is 1.28 bits per heavy atom. The zero-order valence-corrected chi connectivity index (χ0v) is 10.6. The first-order valence-electron chi connectivity index (χ1n) is 6.30. The predicted molar refractivity (Wildman–Crippen MR) is 68.3 cm³/mol. The molecule has 0 amide bonds. The van der Waals surface area contributed by atoms with Crippen LogP contribution in [0.25, 0.3) is 0 Å². The Balaban J connectivity index is 1.95. The molecule has 18 heavy (non-hydrogen) atoms. The van der Waals surface area contributed by atoms with Gasteiger partial charge in [-0.25, -0.2) is 4.79 Å².